The van der Waals surface area contributed by atoms with Crippen LogP contribution in [0.4, 0.5) is 5.69 Å². The monoisotopic (exact) mass is 235 g/mol. The predicted molar refractivity (Wildman–Crippen MR) is 65.0 cm³/mol. The summed E-state index contributed by atoms with van der Waals surface area (Å²) in [6.45, 7) is 3.97. The fraction of sp³-hybridized carbons (Fsp3) is 0.273. The Labute approximate surface area is 98.3 Å². The maximum Gasteiger partial charge on any atom is 0.298 e. The smallest absolute Gasteiger partial charge is 0.298 e. The third-order valence-electron chi connectivity index (χ3n) is 2.16. The van der Waals surface area contributed by atoms with Crippen LogP contribution < -0.4 is 10.5 Å². The second-order valence-electron chi connectivity index (χ2n) is 3.46. The van der Waals surface area contributed by atoms with E-state index in [-0.39, 0.29) is 0 Å². The third kappa shape index (κ3) is 2.30. The van der Waals surface area contributed by atoms with Crippen molar-refractivity contribution in [3.05, 3.63) is 29.6 Å². The number of hydrogen-bond donors (Lipinski definition) is 1. The first-order valence-electron chi connectivity index (χ1n) is 5.05. The van der Waals surface area contributed by atoms with Gasteiger partial charge in [0, 0.05) is 23.6 Å². The maximum atomic E-state index is 5.67. The first-order chi connectivity index (χ1) is 7.69. The number of aryl methyl sites for hydroxylation is 2. The molecule has 84 valence electrons. The predicted octanol–water partition coefficient (Wildman–Crippen LogP) is 2.78. The summed E-state index contributed by atoms with van der Waals surface area (Å²) in [5.41, 5.74) is 7.39. The molecule has 0 spiro atoms. The van der Waals surface area contributed by atoms with Gasteiger partial charge in [0.15, 0.2) is 0 Å². The quantitative estimate of drug-likeness (QED) is 0.831. The molecule has 0 aliphatic rings. The average Bonchev–Trinajstić information content (AvgIpc) is 2.70. The van der Waals surface area contributed by atoms with Gasteiger partial charge in [-0.2, -0.15) is 9.36 Å². The molecule has 5 heteroatoms. The Kier molecular flexibility index (Phi) is 3.05. The summed E-state index contributed by atoms with van der Waals surface area (Å²) in [7, 11) is 0. The van der Waals surface area contributed by atoms with Crippen LogP contribution in [0.25, 0.3) is 0 Å². The van der Waals surface area contributed by atoms with Crippen molar-refractivity contribution in [1.82, 2.24) is 9.36 Å². The molecule has 1 aromatic carbocycles. The molecule has 4 nitrogen and oxygen atoms in total. The van der Waals surface area contributed by atoms with Gasteiger partial charge in [-0.15, -0.1) is 0 Å². The van der Waals surface area contributed by atoms with Gasteiger partial charge in [-0.1, -0.05) is 6.92 Å². The van der Waals surface area contributed by atoms with E-state index in [4.69, 9.17) is 10.5 Å². The molecule has 2 rings (SSSR count). The highest BCUT2D eigenvalue weighted by atomic mass is 32.1. The molecule has 0 atom stereocenters. The van der Waals surface area contributed by atoms with Gasteiger partial charge in [0.2, 0.25) is 0 Å². The van der Waals surface area contributed by atoms with E-state index < -0.39 is 0 Å². The van der Waals surface area contributed by atoms with Crippen molar-refractivity contribution in [2.75, 3.05) is 5.73 Å². The van der Waals surface area contributed by atoms with E-state index in [1.807, 2.05) is 32.0 Å². The highest BCUT2D eigenvalue weighted by molar-refractivity contribution is 7.07. The van der Waals surface area contributed by atoms with Crippen LogP contribution in [0.1, 0.15) is 18.3 Å². The van der Waals surface area contributed by atoms with Crippen LogP contribution in [-0.2, 0) is 6.42 Å². The van der Waals surface area contributed by atoms with Crippen molar-refractivity contribution in [3.63, 3.8) is 0 Å². The molecule has 2 N–H and O–H groups in total. The molecular weight excluding hydrogens is 222 g/mol. The highest BCUT2D eigenvalue weighted by Crippen LogP contribution is 2.27. The Balaban J connectivity index is 2.20. The molecule has 2 aromatic rings. The SMILES string of the molecule is CCc1nsc(Oc2ccc(N)cc2C)n1. The lowest BCUT2D eigenvalue weighted by Crippen LogP contribution is -1.90. The number of anilines is 1. The zero-order chi connectivity index (χ0) is 11.5. The topological polar surface area (TPSA) is 61.0 Å². The highest BCUT2D eigenvalue weighted by Gasteiger charge is 2.06. The standard InChI is InChI=1S/C11H13N3OS/c1-3-10-13-11(16-14-10)15-9-5-4-8(12)6-7(9)2/h4-6H,3,12H2,1-2H3. The average molecular weight is 235 g/mol. The Morgan fingerprint density at radius 1 is 1.44 bits per heavy atom. The number of aromatic nitrogens is 2. The van der Waals surface area contributed by atoms with E-state index >= 15 is 0 Å². The van der Waals surface area contributed by atoms with E-state index in [1.165, 1.54) is 11.5 Å². The summed E-state index contributed by atoms with van der Waals surface area (Å²) in [6, 6.07) is 5.53. The van der Waals surface area contributed by atoms with Crippen LogP contribution in [0.3, 0.4) is 0 Å². The number of nitrogens with two attached hydrogens (primary N) is 1. The lowest BCUT2D eigenvalue weighted by molar-refractivity contribution is 0.473. The number of nitrogen functional groups attached to an aromatic ring is 1. The normalized spacial score (nSPS) is 10.4. The molecule has 0 saturated heterocycles. The van der Waals surface area contributed by atoms with Gasteiger partial charge in [-0.05, 0) is 30.7 Å². The summed E-state index contributed by atoms with van der Waals surface area (Å²) in [5, 5.41) is 0.574. The number of benzene rings is 1. The summed E-state index contributed by atoms with van der Waals surface area (Å²) in [6.07, 6.45) is 0.820. The Bertz CT molecular complexity index is 496. The second kappa shape index (κ2) is 4.49. The fourth-order valence-electron chi connectivity index (χ4n) is 1.30. The van der Waals surface area contributed by atoms with E-state index in [2.05, 4.69) is 9.36 Å². The molecule has 0 saturated carbocycles. The molecule has 0 amide bonds. The third-order valence-corrected chi connectivity index (χ3v) is 2.79. The minimum Gasteiger partial charge on any atom is -0.430 e. The molecule has 0 radical (unpaired) electrons. The molecule has 0 aliphatic carbocycles. The van der Waals surface area contributed by atoms with Gasteiger partial charge in [0.05, 0.1) is 0 Å². The molecule has 16 heavy (non-hydrogen) atoms. The first kappa shape index (κ1) is 10.9. The van der Waals surface area contributed by atoms with Crippen LogP contribution in [0.2, 0.25) is 0 Å². The largest absolute Gasteiger partial charge is 0.430 e. The number of nitrogens with zero attached hydrogens (tertiary/aromatic N) is 2. The molecule has 1 heterocycles. The van der Waals surface area contributed by atoms with Crippen molar-refractivity contribution in [2.45, 2.75) is 20.3 Å². The van der Waals surface area contributed by atoms with E-state index in [0.717, 1.165) is 29.2 Å². The Morgan fingerprint density at radius 3 is 2.88 bits per heavy atom. The van der Waals surface area contributed by atoms with E-state index in [9.17, 15) is 0 Å². The molecule has 0 fully saturated rings. The van der Waals surface area contributed by atoms with Crippen LogP contribution in [0.5, 0.6) is 10.9 Å². The molecule has 0 unspecified atom stereocenters. The van der Waals surface area contributed by atoms with Crippen molar-refractivity contribution in [3.8, 4) is 10.9 Å². The van der Waals surface area contributed by atoms with Crippen LogP contribution in [-0.4, -0.2) is 9.36 Å². The first-order valence-corrected chi connectivity index (χ1v) is 5.83. The van der Waals surface area contributed by atoms with Crippen molar-refractivity contribution in [1.29, 1.82) is 0 Å². The minimum absolute atomic E-state index is 0.574. The van der Waals surface area contributed by atoms with Gasteiger partial charge in [-0.25, -0.2) is 0 Å². The number of hydrogen-bond acceptors (Lipinski definition) is 5. The lowest BCUT2D eigenvalue weighted by Gasteiger charge is -2.05. The molecule has 0 bridgehead atoms. The van der Waals surface area contributed by atoms with Crippen molar-refractivity contribution < 1.29 is 4.74 Å². The van der Waals surface area contributed by atoms with Crippen LogP contribution >= 0.6 is 11.5 Å². The zero-order valence-corrected chi connectivity index (χ0v) is 10.0. The maximum absolute atomic E-state index is 5.67. The van der Waals surface area contributed by atoms with Gasteiger partial charge >= 0.3 is 0 Å². The summed E-state index contributed by atoms with van der Waals surface area (Å²) < 4.78 is 9.79. The Morgan fingerprint density at radius 2 is 2.25 bits per heavy atom. The fourth-order valence-corrected chi connectivity index (χ4v) is 1.93. The molecular formula is C11H13N3OS. The van der Waals surface area contributed by atoms with Gasteiger partial charge in [-0.3, -0.25) is 0 Å². The van der Waals surface area contributed by atoms with E-state index in [0.29, 0.717) is 5.19 Å². The summed E-state index contributed by atoms with van der Waals surface area (Å²) >= 11 is 1.27. The van der Waals surface area contributed by atoms with Crippen molar-refractivity contribution >= 4 is 17.2 Å². The summed E-state index contributed by atoms with van der Waals surface area (Å²) in [4.78, 5) is 4.24. The number of ether oxygens (including phenoxy) is 1. The van der Waals surface area contributed by atoms with Crippen molar-refractivity contribution in [2.24, 2.45) is 0 Å². The lowest BCUT2D eigenvalue weighted by atomic mass is 10.2. The van der Waals surface area contributed by atoms with Crippen LogP contribution in [0, 0.1) is 6.92 Å². The second-order valence-corrected chi connectivity index (χ2v) is 4.17. The molecule has 1 aromatic heterocycles. The molecule has 0 aliphatic heterocycles. The zero-order valence-electron chi connectivity index (χ0n) is 9.23. The minimum atomic E-state index is 0.574. The van der Waals surface area contributed by atoms with Gasteiger partial charge in [0.25, 0.3) is 5.19 Å². The summed E-state index contributed by atoms with van der Waals surface area (Å²) in [5.74, 6) is 1.58. The van der Waals surface area contributed by atoms with E-state index in [1.54, 1.807) is 0 Å². The van der Waals surface area contributed by atoms with Crippen LogP contribution in [0.15, 0.2) is 18.2 Å². The van der Waals surface area contributed by atoms with Gasteiger partial charge < -0.3 is 10.5 Å². The van der Waals surface area contributed by atoms with Gasteiger partial charge in [0.1, 0.15) is 11.6 Å². The number of rotatable bonds is 3. The Hall–Kier alpha value is -1.62.